The summed E-state index contributed by atoms with van der Waals surface area (Å²) in [5.74, 6) is 0.331. The highest BCUT2D eigenvalue weighted by molar-refractivity contribution is 5.97. The van der Waals surface area contributed by atoms with E-state index in [-0.39, 0.29) is 0 Å². The topological polar surface area (TPSA) is 32.3 Å². The van der Waals surface area contributed by atoms with E-state index in [1.165, 1.54) is 0 Å². The summed E-state index contributed by atoms with van der Waals surface area (Å²) >= 11 is 0. The van der Waals surface area contributed by atoms with Crippen LogP contribution in [0.25, 0.3) is 10.8 Å². The summed E-state index contributed by atoms with van der Waals surface area (Å²) in [5.41, 5.74) is 1.07. The van der Waals surface area contributed by atoms with Crippen molar-refractivity contribution in [2.45, 2.75) is 12.8 Å². The van der Waals surface area contributed by atoms with E-state index in [2.05, 4.69) is 11.9 Å². The number of allylic oxidation sites excluding steroid dienone is 1. The third kappa shape index (κ3) is 2.59. The molecule has 0 bridgehead atoms. The molecule has 0 amide bonds. The maximum atomic E-state index is 9.76. The first-order chi connectivity index (χ1) is 8.33. The molecule has 17 heavy (non-hydrogen) atoms. The molecule has 2 N–H and O–H groups in total. The molecule has 0 aliphatic carbocycles. The largest absolute Gasteiger partial charge is 0.507 e. The number of fused-ring (bicyclic) bond motifs is 1. The number of benzene rings is 2. The molecule has 0 unspecified atom stereocenters. The van der Waals surface area contributed by atoms with Gasteiger partial charge < -0.3 is 10.4 Å². The second-order valence-corrected chi connectivity index (χ2v) is 4.04. The Balaban J connectivity index is 2.22. The van der Waals surface area contributed by atoms with Crippen LogP contribution >= 0.6 is 0 Å². The summed E-state index contributed by atoms with van der Waals surface area (Å²) < 4.78 is 0. The Morgan fingerprint density at radius 2 is 1.88 bits per heavy atom. The molecule has 0 heterocycles. The lowest BCUT2D eigenvalue weighted by Crippen LogP contribution is -2.01. The molecule has 0 aliphatic heterocycles. The van der Waals surface area contributed by atoms with E-state index in [1.54, 1.807) is 6.07 Å². The Morgan fingerprint density at radius 1 is 1.12 bits per heavy atom. The Hall–Kier alpha value is -1.96. The number of aromatic hydroxyl groups is 1. The molecule has 0 spiro atoms. The fourth-order valence-electron chi connectivity index (χ4n) is 1.92. The monoisotopic (exact) mass is 227 g/mol. The number of phenols is 1. The Kier molecular flexibility index (Phi) is 3.66. The van der Waals surface area contributed by atoms with Crippen LogP contribution in [-0.4, -0.2) is 11.7 Å². The maximum Gasteiger partial charge on any atom is 0.123 e. The van der Waals surface area contributed by atoms with Gasteiger partial charge in [-0.2, -0.15) is 0 Å². The number of anilines is 1. The van der Waals surface area contributed by atoms with E-state index in [0.29, 0.717) is 5.75 Å². The summed E-state index contributed by atoms with van der Waals surface area (Å²) in [7, 11) is 0. The molecule has 0 saturated heterocycles. The van der Waals surface area contributed by atoms with Crippen molar-refractivity contribution in [3.63, 3.8) is 0 Å². The molecule has 0 fully saturated rings. The number of phenolic OH excluding ortho intramolecular Hbond substituents is 1. The molecule has 2 aromatic carbocycles. The summed E-state index contributed by atoms with van der Waals surface area (Å²) in [4.78, 5) is 0. The number of rotatable bonds is 5. The van der Waals surface area contributed by atoms with Gasteiger partial charge in [0.05, 0.1) is 0 Å². The minimum Gasteiger partial charge on any atom is -0.507 e. The second kappa shape index (κ2) is 5.39. The van der Waals surface area contributed by atoms with E-state index in [4.69, 9.17) is 0 Å². The van der Waals surface area contributed by atoms with E-state index < -0.39 is 0 Å². The SMILES string of the molecule is C=CCCCNc1cccc2c(O)cccc12. The van der Waals surface area contributed by atoms with Crippen LogP contribution in [-0.2, 0) is 0 Å². The van der Waals surface area contributed by atoms with E-state index in [9.17, 15) is 5.11 Å². The molecular weight excluding hydrogens is 210 g/mol. The predicted octanol–water partition coefficient (Wildman–Crippen LogP) is 3.92. The molecule has 2 nitrogen and oxygen atoms in total. The Labute approximate surface area is 102 Å². The van der Waals surface area contributed by atoms with Crippen LogP contribution < -0.4 is 5.32 Å². The van der Waals surface area contributed by atoms with E-state index >= 15 is 0 Å². The van der Waals surface area contributed by atoms with Gasteiger partial charge in [0.15, 0.2) is 0 Å². The third-order valence-corrected chi connectivity index (χ3v) is 2.80. The first kappa shape index (κ1) is 11.5. The fourth-order valence-corrected chi connectivity index (χ4v) is 1.92. The zero-order valence-corrected chi connectivity index (χ0v) is 9.82. The molecule has 2 aromatic rings. The summed E-state index contributed by atoms with van der Waals surface area (Å²) in [6.07, 6.45) is 4.01. The van der Waals surface area contributed by atoms with Crippen molar-refractivity contribution in [1.29, 1.82) is 0 Å². The standard InChI is InChI=1S/C15H17NO/c1-2-3-4-11-16-14-9-5-8-13-12(14)7-6-10-15(13)17/h2,5-10,16-17H,1,3-4,11H2. The van der Waals surface area contributed by atoms with Gasteiger partial charge in [-0.15, -0.1) is 6.58 Å². The minimum atomic E-state index is 0.331. The van der Waals surface area contributed by atoms with E-state index in [0.717, 1.165) is 35.8 Å². The highest BCUT2D eigenvalue weighted by atomic mass is 16.3. The average molecular weight is 227 g/mol. The van der Waals surface area contributed by atoms with Crippen LogP contribution in [0.2, 0.25) is 0 Å². The highest BCUT2D eigenvalue weighted by Crippen LogP contribution is 2.29. The average Bonchev–Trinajstić information content (AvgIpc) is 2.36. The third-order valence-electron chi connectivity index (χ3n) is 2.80. The number of nitrogens with one attached hydrogen (secondary N) is 1. The Morgan fingerprint density at radius 3 is 2.71 bits per heavy atom. The van der Waals surface area contributed by atoms with Crippen molar-refractivity contribution in [2.75, 3.05) is 11.9 Å². The lowest BCUT2D eigenvalue weighted by Gasteiger charge is -2.09. The normalized spacial score (nSPS) is 10.4. The highest BCUT2D eigenvalue weighted by Gasteiger charge is 2.02. The molecule has 0 radical (unpaired) electrons. The van der Waals surface area contributed by atoms with Gasteiger partial charge in [-0.25, -0.2) is 0 Å². The smallest absolute Gasteiger partial charge is 0.123 e. The molecule has 0 saturated carbocycles. The minimum absolute atomic E-state index is 0.331. The van der Waals surface area contributed by atoms with Crippen LogP contribution in [0.15, 0.2) is 49.1 Å². The van der Waals surface area contributed by atoms with Gasteiger partial charge >= 0.3 is 0 Å². The zero-order chi connectivity index (χ0) is 12.1. The lowest BCUT2D eigenvalue weighted by molar-refractivity contribution is 0.481. The molecular formula is C15H17NO. The first-order valence-corrected chi connectivity index (χ1v) is 5.88. The van der Waals surface area contributed by atoms with Gasteiger partial charge in [-0.05, 0) is 25.0 Å². The van der Waals surface area contributed by atoms with Crippen LogP contribution in [0.3, 0.4) is 0 Å². The fraction of sp³-hybridized carbons (Fsp3) is 0.200. The van der Waals surface area contributed by atoms with Crippen LogP contribution in [0.4, 0.5) is 5.69 Å². The van der Waals surface area contributed by atoms with Crippen molar-refractivity contribution in [3.8, 4) is 5.75 Å². The molecule has 0 atom stereocenters. The molecule has 2 rings (SSSR count). The lowest BCUT2D eigenvalue weighted by atomic mass is 10.1. The van der Waals surface area contributed by atoms with Crippen molar-refractivity contribution >= 4 is 16.5 Å². The zero-order valence-electron chi connectivity index (χ0n) is 9.82. The molecule has 0 aliphatic rings. The summed E-state index contributed by atoms with van der Waals surface area (Å²) in [6, 6.07) is 11.5. The first-order valence-electron chi connectivity index (χ1n) is 5.88. The maximum absolute atomic E-state index is 9.76. The van der Waals surface area contributed by atoms with Gasteiger partial charge in [-0.3, -0.25) is 0 Å². The van der Waals surface area contributed by atoms with Crippen molar-refractivity contribution < 1.29 is 5.11 Å². The van der Waals surface area contributed by atoms with Crippen LogP contribution in [0.5, 0.6) is 5.75 Å². The Bertz CT molecular complexity index is 519. The molecule has 2 heteroatoms. The summed E-state index contributed by atoms with van der Waals surface area (Å²) in [6.45, 7) is 4.62. The number of unbranched alkanes of at least 4 members (excludes halogenated alkanes) is 1. The predicted molar refractivity (Wildman–Crippen MR) is 73.5 cm³/mol. The number of hydrogen-bond acceptors (Lipinski definition) is 2. The van der Waals surface area contributed by atoms with Gasteiger partial charge in [0.25, 0.3) is 0 Å². The molecule has 88 valence electrons. The molecule has 0 aromatic heterocycles. The van der Waals surface area contributed by atoms with Crippen LogP contribution in [0, 0.1) is 0 Å². The summed E-state index contributed by atoms with van der Waals surface area (Å²) in [5, 5.41) is 15.1. The number of hydrogen-bond donors (Lipinski definition) is 2. The van der Waals surface area contributed by atoms with E-state index in [1.807, 2.05) is 36.4 Å². The quantitative estimate of drug-likeness (QED) is 0.599. The van der Waals surface area contributed by atoms with Gasteiger partial charge in [0, 0.05) is 23.0 Å². The van der Waals surface area contributed by atoms with Gasteiger partial charge in [0.2, 0.25) is 0 Å². The van der Waals surface area contributed by atoms with Crippen molar-refractivity contribution in [3.05, 3.63) is 49.1 Å². The van der Waals surface area contributed by atoms with Gasteiger partial charge in [-0.1, -0.05) is 30.3 Å². The van der Waals surface area contributed by atoms with Gasteiger partial charge in [0.1, 0.15) is 5.75 Å². The van der Waals surface area contributed by atoms with Crippen molar-refractivity contribution in [1.82, 2.24) is 0 Å². The van der Waals surface area contributed by atoms with Crippen LogP contribution in [0.1, 0.15) is 12.8 Å². The second-order valence-electron chi connectivity index (χ2n) is 4.04. The van der Waals surface area contributed by atoms with Crippen molar-refractivity contribution in [2.24, 2.45) is 0 Å².